The smallest absolute Gasteiger partial charge is 0.270 e. The lowest BCUT2D eigenvalue weighted by atomic mass is 10.0. The highest BCUT2D eigenvalue weighted by atomic mass is 32.2. The lowest BCUT2D eigenvalue weighted by molar-refractivity contribution is -0.122. The molecule has 1 aromatic heterocycles. The number of pyridine rings is 1. The maximum atomic E-state index is 13.6. The molecule has 218 valence electrons. The molecule has 0 spiro atoms. The van der Waals surface area contributed by atoms with Crippen LogP contribution in [-0.4, -0.2) is 52.4 Å². The number of carbonyl (C=O) groups is 1. The van der Waals surface area contributed by atoms with Crippen molar-refractivity contribution in [3.8, 4) is 6.07 Å². The second kappa shape index (κ2) is 14.1. The molecule has 10 heteroatoms. The summed E-state index contributed by atoms with van der Waals surface area (Å²) in [5.41, 5.74) is 2.06. The van der Waals surface area contributed by atoms with Gasteiger partial charge < -0.3 is 9.80 Å². The molecule has 1 aromatic carbocycles. The Kier molecular flexibility index (Phi) is 10.6. The Morgan fingerprint density at radius 2 is 1.63 bits per heavy atom. The molecule has 0 saturated carbocycles. The summed E-state index contributed by atoms with van der Waals surface area (Å²) < 4.78 is 15.7. The molecule has 0 bridgehead atoms. The summed E-state index contributed by atoms with van der Waals surface area (Å²) in [4.78, 5) is 33.6. The molecule has 2 aliphatic rings. The van der Waals surface area contributed by atoms with Gasteiger partial charge in [0.2, 0.25) is 0 Å². The third kappa shape index (κ3) is 6.84. The predicted molar refractivity (Wildman–Crippen MR) is 170 cm³/mol. The number of thioether (sulfide) groups is 1. The van der Waals surface area contributed by atoms with Gasteiger partial charge in [-0.1, -0.05) is 63.5 Å². The van der Waals surface area contributed by atoms with Crippen molar-refractivity contribution in [2.24, 2.45) is 0 Å². The fourth-order valence-corrected chi connectivity index (χ4v) is 6.65. The van der Waals surface area contributed by atoms with Crippen molar-refractivity contribution in [2.45, 2.75) is 65.8 Å². The Morgan fingerprint density at radius 3 is 2.27 bits per heavy atom. The first-order valence-electron chi connectivity index (χ1n) is 14.5. The first-order valence-corrected chi connectivity index (χ1v) is 15.7. The quantitative estimate of drug-likeness (QED) is 0.177. The molecule has 0 aliphatic carbocycles. The number of thiocarbonyl (C=S) groups is 1. The summed E-state index contributed by atoms with van der Waals surface area (Å²) >= 11 is 6.87. The van der Waals surface area contributed by atoms with Gasteiger partial charge in [-0.25, -0.2) is 4.39 Å². The highest BCUT2D eigenvalue weighted by Crippen LogP contribution is 2.36. The number of anilines is 2. The third-order valence-corrected chi connectivity index (χ3v) is 9.11. The van der Waals surface area contributed by atoms with E-state index in [0.29, 0.717) is 54.1 Å². The van der Waals surface area contributed by atoms with Crippen LogP contribution in [0.2, 0.25) is 0 Å². The number of unbranched alkanes of at least 4 members (excludes halogenated alkanes) is 4. The number of carbonyl (C=O) groups excluding carboxylic acids is 1. The minimum absolute atomic E-state index is 0.107. The molecular formula is C31H38FN5O2S2. The van der Waals surface area contributed by atoms with Gasteiger partial charge in [-0.2, -0.15) is 5.26 Å². The number of rotatable bonds is 11. The molecule has 1 amide bonds. The molecule has 0 radical (unpaired) electrons. The van der Waals surface area contributed by atoms with E-state index >= 15 is 0 Å². The van der Waals surface area contributed by atoms with E-state index in [-0.39, 0.29) is 22.8 Å². The molecule has 0 atom stereocenters. The van der Waals surface area contributed by atoms with Crippen LogP contribution in [0.3, 0.4) is 0 Å². The van der Waals surface area contributed by atoms with Crippen LogP contribution in [0.1, 0.15) is 69.1 Å². The topological polar surface area (TPSA) is 72.6 Å². The van der Waals surface area contributed by atoms with E-state index in [0.717, 1.165) is 55.6 Å². The molecule has 7 nitrogen and oxygen atoms in total. The van der Waals surface area contributed by atoms with Crippen LogP contribution < -0.4 is 15.4 Å². The number of amides is 1. The van der Waals surface area contributed by atoms with Crippen molar-refractivity contribution in [1.29, 1.82) is 5.26 Å². The molecule has 0 N–H and O–H groups in total. The van der Waals surface area contributed by atoms with Crippen molar-refractivity contribution in [1.82, 2.24) is 9.47 Å². The van der Waals surface area contributed by atoms with Gasteiger partial charge in [-0.05, 0) is 55.7 Å². The van der Waals surface area contributed by atoms with Crippen LogP contribution in [0.4, 0.5) is 15.9 Å². The van der Waals surface area contributed by atoms with E-state index < -0.39 is 0 Å². The van der Waals surface area contributed by atoms with Crippen LogP contribution in [0.25, 0.3) is 6.08 Å². The number of nitrogens with zero attached hydrogens (tertiary/aromatic N) is 5. The largest absolute Gasteiger partial charge is 0.368 e. The van der Waals surface area contributed by atoms with E-state index in [1.165, 1.54) is 23.9 Å². The summed E-state index contributed by atoms with van der Waals surface area (Å²) in [7, 11) is 0. The first-order chi connectivity index (χ1) is 19.8. The van der Waals surface area contributed by atoms with E-state index in [4.69, 9.17) is 12.2 Å². The fraction of sp³-hybridized carbons (Fsp3) is 0.484. The van der Waals surface area contributed by atoms with Crippen LogP contribution in [0.15, 0.2) is 34.0 Å². The average molecular weight is 596 g/mol. The fourth-order valence-electron chi connectivity index (χ4n) is 5.36. The molecule has 3 heterocycles. The average Bonchev–Trinajstić information content (AvgIpc) is 3.24. The zero-order chi connectivity index (χ0) is 29.5. The van der Waals surface area contributed by atoms with E-state index in [9.17, 15) is 19.2 Å². The van der Waals surface area contributed by atoms with E-state index in [1.54, 1.807) is 28.5 Å². The molecule has 0 unspecified atom stereocenters. The molecule has 2 aromatic rings. The number of hydrogen-bond acceptors (Lipinski definition) is 7. The van der Waals surface area contributed by atoms with Crippen LogP contribution in [0, 0.1) is 24.1 Å². The van der Waals surface area contributed by atoms with Crippen LogP contribution in [0.5, 0.6) is 0 Å². The second-order valence-electron chi connectivity index (χ2n) is 10.5. The Labute approximate surface area is 251 Å². The highest BCUT2D eigenvalue weighted by molar-refractivity contribution is 8.26. The molecule has 2 aliphatic heterocycles. The maximum absolute atomic E-state index is 13.6. The lowest BCUT2D eigenvalue weighted by Crippen LogP contribution is -2.48. The van der Waals surface area contributed by atoms with Crippen molar-refractivity contribution >= 4 is 51.8 Å². The predicted octanol–water partition coefficient (Wildman–Crippen LogP) is 6.08. The SMILES string of the molecule is CCCCCCN1C(=O)/C(=C/c2c(C)c(C#N)c(=O)n(CCCC)c2N2CCN(c3ccc(F)cc3)CC2)SC1=S. The van der Waals surface area contributed by atoms with Crippen molar-refractivity contribution in [2.75, 3.05) is 42.5 Å². The number of nitriles is 1. The van der Waals surface area contributed by atoms with Gasteiger partial charge >= 0.3 is 0 Å². The minimum Gasteiger partial charge on any atom is -0.368 e. The second-order valence-corrected chi connectivity index (χ2v) is 12.2. The van der Waals surface area contributed by atoms with Crippen LogP contribution in [-0.2, 0) is 11.3 Å². The van der Waals surface area contributed by atoms with Gasteiger partial charge in [-0.3, -0.25) is 19.1 Å². The molecular weight excluding hydrogens is 558 g/mol. The van der Waals surface area contributed by atoms with Crippen LogP contribution >= 0.6 is 24.0 Å². The molecule has 4 rings (SSSR count). The summed E-state index contributed by atoms with van der Waals surface area (Å²) in [6, 6.07) is 8.62. The minimum atomic E-state index is -0.296. The summed E-state index contributed by atoms with van der Waals surface area (Å²) in [6.07, 6.45) is 7.71. The van der Waals surface area contributed by atoms with Gasteiger partial charge in [0.15, 0.2) is 0 Å². The zero-order valence-electron chi connectivity index (χ0n) is 24.1. The summed E-state index contributed by atoms with van der Waals surface area (Å²) in [6.45, 7) is 9.73. The molecule has 41 heavy (non-hydrogen) atoms. The molecule has 2 saturated heterocycles. The number of piperazine rings is 1. The van der Waals surface area contributed by atoms with Crippen molar-refractivity contribution < 1.29 is 9.18 Å². The lowest BCUT2D eigenvalue weighted by Gasteiger charge is -2.39. The zero-order valence-corrected chi connectivity index (χ0v) is 25.8. The van der Waals surface area contributed by atoms with Gasteiger partial charge in [-0.15, -0.1) is 0 Å². The van der Waals surface area contributed by atoms with Gasteiger partial charge in [0.1, 0.15) is 27.6 Å². The maximum Gasteiger partial charge on any atom is 0.270 e. The van der Waals surface area contributed by atoms with Gasteiger partial charge in [0.25, 0.3) is 11.5 Å². The number of aromatic nitrogens is 1. The van der Waals surface area contributed by atoms with Gasteiger partial charge in [0, 0.05) is 50.5 Å². The number of halogens is 1. The number of hydrogen-bond donors (Lipinski definition) is 0. The Hall–Kier alpha value is -3.16. The van der Waals surface area contributed by atoms with E-state index in [1.807, 2.05) is 6.08 Å². The van der Waals surface area contributed by atoms with Crippen molar-refractivity contribution in [3.05, 3.63) is 62.0 Å². The van der Waals surface area contributed by atoms with E-state index in [2.05, 4.69) is 29.7 Å². The standard InChI is InChI=1S/C31H38FN5O2S2/c1-4-6-8-9-15-37-30(39)27(41-31(37)40)20-25-22(3)26(21-33)29(38)36(14-7-5-2)28(25)35-18-16-34(17-19-35)24-12-10-23(32)11-13-24/h10-13,20H,4-9,14-19H2,1-3H3/b27-20-. The molecule has 2 fully saturated rings. The highest BCUT2D eigenvalue weighted by Gasteiger charge is 2.33. The summed E-state index contributed by atoms with van der Waals surface area (Å²) in [5, 5.41) is 9.96. The Balaban J connectivity index is 1.72. The summed E-state index contributed by atoms with van der Waals surface area (Å²) in [5.74, 6) is 0.358. The third-order valence-electron chi connectivity index (χ3n) is 7.74. The first kappa shape index (κ1) is 30.8. The monoisotopic (exact) mass is 595 g/mol. The number of benzene rings is 1. The Bertz CT molecular complexity index is 1410. The Morgan fingerprint density at radius 1 is 0.976 bits per heavy atom. The normalized spacial score (nSPS) is 16.7. The van der Waals surface area contributed by atoms with Gasteiger partial charge in [0.05, 0.1) is 4.91 Å². The van der Waals surface area contributed by atoms with Crippen molar-refractivity contribution in [3.63, 3.8) is 0 Å².